The molecule has 1 aromatic carbocycles. The number of hydrogen-bond donors (Lipinski definition) is 1. The Kier molecular flexibility index (Phi) is 5.50. The number of carbonyl (C=O) groups is 2. The molecule has 0 radical (unpaired) electrons. The van der Waals surface area contributed by atoms with E-state index in [0.717, 1.165) is 5.76 Å². The number of nitrogens with zero attached hydrogens (tertiary/aromatic N) is 2. The van der Waals surface area contributed by atoms with Gasteiger partial charge >= 0.3 is 0 Å². The Hall–Kier alpha value is -2.60. The molecule has 1 N–H and O–H groups in total. The lowest BCUT2D eigenvalue weighted by Gasteiger charge is -2.34. The van der Waals surface area contributed by atoms with E-state index in [1.165, 1.54) is 0 Å². The molecule has 3 rings (SSSR count). The van der Waals surface area contributed by atoms with Crippen LogP contribution in [0.3, 0.4) is 0 Å². The first kappa shape index (κ1) is 17.2. The van der Waals surface area contributed by atoms with Gasteiger partial charge in [-0.2, -0.15) is 0 Å². The Morgan fingerprint density at radius 1 is 1.08 bits per heavy atom. The van der Waals surface area contributed by atoms with E-state index < -0.39 is 0 Å². The first-order valence-corrected chi connectivity index (χ1v) is 8.53. The number of amides is 2. The number of benzene rings is 1. The standard InChI is InChI=1S/C19H23N3O3/c1-15(17-8-5-13-25-17)20-18(23)14-21-9-11-22(12-10-21)19(24)16-6-3-2-4-7-16/h2-8,13,15H,9-12,14H2,1H3,(H,20,23)/t15-/m0/s1. The van der Waals surface area contributed by atoms with Crippen LogP contribution in [0.4, 0.5) is 0 Å². The average Bonchev–Trinajstić information content (AvgIpc) is 3.17. The molecular formula is C19H23N3O3. The van der Waals surface area contributed by atoms with Crippen LogP contribution in [0.5, 0.6) is 0 Å². The maximum Gasteiger partial charge on any atom is 0.253 e. The van der Waals surface area contributed by atoms with E-state index in [1.807, 2.05) is 48.2 Å². The molecule has 1 saturated heterocycles. The lowest BCUT2D eigenvalue weighted by Crippen LogP contribution is -2.51. The molecule has 25 heavy (non-hydrogen) atoms. The highest BCUT2D eigenvalue weighted by atomic mass is 16.3. The van der Waals surface area contributed by atoms with Crippen LogP contribution in [0.15, 0.2) is 53.1 Å². The molecule has 2 heterocycles. The summed E-state index contributed by atoms with van der Waals surface area (Å²) in [6, 6.07) is 12.8. The number of rotatable bonds is 5. The van der Waals surface area contributed by atoms with Crippen LogP contribution in [-0.2, 0) is 4.79 Å². The molecule has 0 unspecified atom stereocenters. The Morgan fingerprint density at radius 2 is 1.80 bits per heavy atom. The molecule has 1 aromatic heterocycles. The summed E-state index contributed by atoms with van der Waals surface area (Å²) in [5.41, 5.74) is 0.709. The minimum absolute atomic E-state index is 0.0354. The minimum atomic E-state index is -0.150. The highest BCUT2D eigenvalue weighted by Crippen LogP contribution is 2.12. The van der Waals surface area contributed by atoms with Crippen LogP contribution in [0.25, 0.3) is 0 Å². The SMILES string of the molecule is C[C@H](NC(=O)CN1CCN(C(=O)c2ccccc2)CC1)c1ccco1. The minimum Gasteiger partial charge on any atom is -0.467 e. The van der Waals surface area contributed by atoms with Crippen molar-refractivity contribution in [1.29, 1.82) is 0 Å². The molecule has 2 amide bonds. The highest BCUT2D eigenvalue weighted by molar-refractivity contribution is 5.94. The predicted molar refractivity (Wildman–Crippen MR) is 94.1 cm³/mol. The lowest BCUT2D eigenvalue weighted by atomic mass is 10.2. The molecule has 0 spiro atoms. The fraction of sp³-hybridized carbons (Fsp3) is 0.368. The number of carbonyl (C=O) groups excluding carboxylic acids is 2. The van der Waals surface area contributed by atoms with Crippen molar-refractivity contribution in [2.75, 3.05) is 32.7 Å². The summed E-state index contributed by atoms with van der Waals surface area (Å²) in [7, 11) is 0. The second-order valence-electron chi connectivity index (χ2n) is 6.24. The van der Waals surface area contributed by atoms with Crippen LogP contribution < -0.4 is 5.32 Å². The van der Waals surface area contributed by atoms with E-state index >= 15 is 0 Å². The lowest BCUT2D eigenvalue weighted by molar-refractivity contribution is -0.123. The Bertz CT molecular complexity index is 692. The topological polar surface area (TPSA) is 65.8 Å². The number of hydrogen-bond acceptors (Lipinski definition) is 4. The van der Waals surface area contributed by atoms with Gasteiger partial charge in [-0.25, -0.2) is 0 Å². The van der Waals surface area contributed by atoms with Gasteiger partial charge in [0, 0.05) is 31.7 Å². The molecule has 1 atom stereocenters. The summed E-state index contributed by atoms with van der Waals surface area (Å²) in [5, 5.41) is 2.93. The van der Waals surface area contributed by atoms with Crippen molar-refractivity contribution in [3.05, 3.63) is 60.1 Å². The molecular weight excluding hydrogens is 318 g/mol. The largest absolute Gasteiger partial charge is 0.467 e. The normalized spacial score (nSPS) is 16.4. The molecule has 1 aliphatic heterocycles. The van der Waals surface area contributed by atoms with E-state index in [4.69, 9.17) is 4.42 Å². The molecule has 2 aromatic rings. The molecule has 1 fully saturated rings. The maximum absolute atomic E-state index is 12.4. The van der Waals surface area contributed by atoms with Crippen molar-refractivity contribution in [1.82, 2.24) is 15.1 Å². The number of nitrogens with one attached hydrogen (secondary N) is 1. The first-order valence-electron chi connectivity index (χ1n) is 8.53. The molecule has 6 heteroatoms. The van der Waals surface area contributed by atoms with Gasteiger partial charge in [0.25, 0.3) is 5.91 Å². The quantitative estimate of drug-likeness (QED) is 0.902. The third kappa shape index (κ3) is 4.48. The van der Waals surface area contributed by atoms with Crippen LogP contribution in [0.2, 0.25) is 0 Å². The zero-order valence-electron chi connectivity index (χ0n) is 14.4. The van der Waals surface area contributed by atoms with Crippen molar-refractivity contribution in [2.45, 2.75) is 13.0 Å². The van der Waals surface area contributed by atoms with Crippen molar-refractivity contribution < 1.29 is 14.0 Å². The van der Waals surface area contributed by atoms with Crippen LogP contribution >= 0.6 is 0 Å². The second-order valence-corrected chi connectivity index (χ2v) is 6.24. The van der Waals surface area contributed by atoms with Gasteiger partial charge in [0.15, 0.2) is 0 Å². The van der Waals surface area contributed by atoms with Gasteiger partial charge < -0.3 is 14.6 Å². The molecule has 132 valence electrons. The smallest absolute Gasteiger partial charge is 0.253 e. The Morgan fingerprint density at radius 3 is 2.44 bits per heavy atom. The predicted octanol–water partition coefficient (Wildman–Crippen LogP) is 1.91. The van der Waals surface area contributed by atoms with E-state index in [1.54, 1.807) is 12.3 Å². The third-order valence-electron chi connectivity index (χ3n) is 4.39. The van der Waals surface area contributed by atoms with Crippen molar-refractivity contribution in [3.8, 4) is 0 Å². The summed E-state index contributed by atoms with van der Waals surface area (Å²) in [6.45, 7) is 4.89. The fourth-order valence-electron chi connectivity index (χ4n) is 2.97. The number of piperazine rings is 1. The molecule has 6 nitrogen and oxygen atoms in total. The monoisotopic (exact) mass is 341 g/mol. The summed E-state index contributed by atoms with van der Waals surface area (Å²) >= 11 is 0. The van der Waals surface area contributed by atoms with Gasteiger partial charge in [-0.3, -0.25) is 14.5 Å². The zero-order chi connectivity index (χ0) is 17.6. The van der Waals surface area contributed by atoms with Gasteiger partial charge in [-0.05, 0) is 31.2 Å². The summed E-state index contributed by atoms with van der Waals surface area (Å²) in [5.74, 6) is 0.759. The van der Waals surface area contributed by atoms with E-state index in [0.29, 0.717) is 38.3 Å². The zero-order valence-corrected chi connectivity index (χ0v) is 14.4. The van der Waals surface area contributed by atoms with Gasteiger partial charge in [0.05, 0.1) is 18.8 Å². The Labute approximate surface area is 147 Å². The summed E-state index contributed by atoms with van der Waals surface area (Å²) < 4.78 is 5.30. The first-order chi connectivity index (χ1) is 12.1. The van der Waals surface area contributed by atoms with Crippen LogP contribution in [0, 0.1) is 0 Å². The van der Waals surface area contributed by atoms with E-state index in [-0.39, 0.29) is 17.9 Å². The van der Waals surface area contributed by atoms with Crippen molar-refractivity contribution in [3.63, 3.8) is 0 Å². The van der Waals surface area contributed by atoms with Crippen molar-refractivity contribution >= 4 is 11.8 Å². The molecule has 0 bridgehead atoms. The number of furan rings is 1. The van der Waals surface area contributed by atoms with Crippen LogP contribution in [0.1, 0.15) is 29.1 Å². The summed E-state index contributed by atoms with van der Waals surface area (Å²) in [4.78, 5) is 28.5. The molecule has 0 saturated carbocycles. The summed E-state index contributed by atoms with van der Waals surface area (Å²) in [6.07, 6.45) is 1.60. The highest BCUT2D eigenvalue weighted by Gasteiger charge is 2.23. The average molecular weight is 341 g/mol. The molecule has 1 aliphatic rings. The third-order valence-corrected chi connectivity index (χ3v) is 4.39. The second kappa shape index (κ2) is 7.98. The van der Waals surface area contributed by atoms with Gasteiger partial charge in [0.2, 0.25) is 5.91 Å². The maximum atomic E-state index is 12.4. The van der Waals surface area contributed by atoms with Gasteiger partial charge in [-0.15, -0.1) is 0 Å². The van der Waals surface area contributed by atoms with Gasteiger partial charge in [-0.1, -0.05) is 18.2 Å². The van der Waals surface area contributed by atoms with E-state index in [2.05, 4.69) is 10.2 Å². The molecule has 0 aliphatic carbocycles. The fourth-order valence-corrected chi connectivity index (χ4v) is 2.97. The van der Waals surface area contributed by atoms with Gasteiger partial charge in [0.1, 0.15) is 5.76 Å². The van der Waals surface area contributed by atoms with E-state index in [9.17, 15) is 9.59 Å². The van der Waals surface area contributed by atoms with Crippen LogP contribution in [-0.4, -0.2) is 54.3 Å². The Balaban J connectivity index is 1.44. The van der Waals surface area contributed by atoms with Crippen molar-refractivity contribution in [2.24, 2.45) is 0 Å².